The van der Waals surface area contributed by atoms with E-state index in [1.165, 1.54) is 0 Å². The first kappa shape index (κ1) is 16.4. The number of carbonyl (C=O) groups excluding carboxylic acids is 1. The fourth-order valence-electron chi connectivity index (χ4n) is 2.69. The summed E-state index contributed by atoms with van der Waals surface area (Å²) in [5.41, 5.74) is 1.14. The maximum atomic E-state index is 12.1. The average molecular weight is 311 g/mol. The van der Waals surface area contributed by atoms with Gasteiger partial charge in [0.15, 0.2) is 0 Å². The highest BCUT2D eigenvalue weighted by Crippen LogP contribution is 2.20. The van der Waals surface area contributed by atoms with Gasteiger partial charge in [0.05, 0.1) is 10.7 Å². The zero-order chi connectivity index (χ0) is 15.2. The lowest BCUT2D eigenvalue weighted by Crippen LogP contribution is -2.43. The lowest BCUT2D eigenvalue weighted by atomic mass is 9.95. The standard InChI is InChI=1S/C15H25N3O2S/c1-11(5-8-19)16-15(20)13-3-6-18(7-4-13)9-14-10-21-12(2)17-14/h10-11,13,19H,3-9H2,1-2H3,(H,16,20). The lowest BCUT2D eigenvalue weighted by molar-refractivity contribution is -0.127. The molecule has 2 N–H and O–H groups in total. The molecule has 2 heterocycles. The molecular weight excluding hydrogens is 286 g/mol. The summed E-state index contributed by atoms with van der Waals surface area (Å²) in [6.07, 6.45) is 2.43. The summed E-state index contributed by atoms with van der Waals surface area (Å²) < 4.78 is 0. The highest BCUT2D eigenvalue weighted by molar-refractivity contribution is 7.09. The molecule has 2 rings (SSSR count). The van der Waals surface area contributed by atoms with Crippen molar-refractivity contribution in [3.05, 3.63) is 16.1 Å². The molecule has 0 aliphatic carbocycles. The summed E-state index contributed by atoms with van der Waals surface area (Å²) in [6.45, 7) is 6.87. The van der Waals surface area contributed by atoms with Gasteiger partial charge in [-0.15, -0.1) is 11.3 Å². The first-order chi connectivity index (χ1) is 10.1. The molecule has 1 atom stereocenters. The van der Waals surface area contributed by atoms with Gasteiger partial charge in [-0.25, -0.2) is 4.98 Å². The molecule has 6 heteroatoms. The van der Waals surface area contributed by atoms with E-state index in [0.717, 1.165) is 43.2 Å². The third-order valence-electron chi connectivity index (χ3n) is 3.96. The van der Waals surface area contributed by atoms with Gasteiger partial charge in [0.25, 0.3) is 0 Å². The number of thiazole rings is 1. The number of nitrogens with zero attached hydrogens (tertiary/aromatic N) is 2. The number of aliphatic hydroxyl groups is 1. The summed E-state index contributed by atoms with van der Waals surface area (Å²) in [4.78, 5) is 19.0. The van der Waals surface area contributed by atoms with Crippen LogP contribution in [0.25, 0.3) is 0 Å². The van der Waals surface area contributed by atoms with Crippen molar-refractivity contribution in [1.29, 1.82) is 0 Å². The zero-order valence-electron chi connectivity index (χ0n) is 12.8. The van der Waals surface area contributed by atoms with Crippen LogP contribution in [-0.2, 0) is 11.3 Å². The molecule has 21 heavy (non-hydrogen) atoms. The second-order valence-corrected chi connectivity index (χ2v) is 6.89. The van der Waals surface area contributed by atoms with E-state index in [9.17, 15) is 4.79 Å². The van der Waals surface area contributed by atoms with Crippen LogP contribution in [-0.4, -0.2) is 46.6 Å². The first-order valence-corrected chi connectivity index (χ1v) is 8.51. The number of likely N-dealkylation sites (tertiary alicyclic amines) is 1. The van der Waals surface area contributed by atoms with Gasteiger partial charge in [0.1, 0.15) is 0 Å². The molecule has 1 fully saturated rings. The third kappa shape index (κ3) is 5.05. The molecular formula is C15H25N3O2S. The molecule has 0 radical (unpaired) electrons. The minimum Gasteiger partial charge on any atom is -0.396 e. The average Bonchev–Trinajstić information content (AvgIpc) is 2.85. The number of hydrogen-bond acceptors (Lipinski definition) is 5. The SMILES string of the molecule is Cc1nc(CN2CCC(C(=O)NC(C)CCO)CC2)cs1. The normalized spacial score (nSPS) is 18.6. The van der Waals surface area contributed by atoms with E-state index in [4.69, 9.17) is 5.11 Å². The Bertz CT molecular complexity index is 456. The molecule has 0 bridgehead atoms. The first-order valence-electron chi connectivity index (χ1n) is 7.63. The lowest BCUT2D eigenvalue weighted by Gasteiger charge is -2.31. The Kier molecular flexibility index (Phi) is 6.14. The molecule has 1 amide bonds. The van der Waals surface area contributed by atoms with Crippen LogP contribution < -0.4 is 5.32 Å². The van der Waals surface area contributed by atoms with E-state index in [0.29, 0.717) is 6.42 Å². The van der Waals surface area contributed by atoms with Crippen molar-refractivity contribution in [2.75, 3.05) is 19.7 Å². The minimum absolute atomic E-state index is 0.0542. The molecule has 1 aliphatic heterocycles. The smallest absolute Gasteiger partial charge is 0.223 e. The van der Waals surface area contributed by atoms with Gasteiger partial charge in [-0.3, -0.25) is 9.69 Å². The van der Waals surface area contributed by atoms with Gasteiger partial charge >= 0.3 is 0 Å². The predicted octanol–water partition coefficient (Wildman–Crippen LogP) is 1.55. The molecule has 1 aromatic rings. The Morgan fingerprint density at radius 2 is 2.29 bits per heavy atom. The largest absolute Gasteiger partial charge is 0.396 e. The van der Waals surface area contributed by atoms with Gasteiger partial charge < -0.3 is 10.4 Å². The Balaban J connectivity index is 1.73. The van der Waals surface area contributed by atoms with E-state index in [-0.39, 0.29) is 24.5 Å². The van der Waals surface area contributed by atoms with Gasteiger partial charge in [-0.1, -0.05) is 0 Å². The Labute approximate surface area is 130 Å². The molecule has 118 valence electrons. The zero-order valence-corrected chi connectivity index (χ0v) is 13.7. The Morgan fingerprint density at radius 3 is 2.86 bits per heavy atom. The van der Waals surface area contributed by atoms with Gasteiger partial charge in [0.2, 0.25) is 5.91 Å². The summed E-state index contributed by atoms with van der Waals surface area (Å²) >= 11 is 1.69. The molecule has 1 aliphatic rings. The Morgan fingerprint density at radius 1 is 1.57 bits per heavy atom. The van der Waals surface area contributed by atoms with E-state index in [1.807, 2.05) is 13.8 Å². The van der Waals surface area contributed by atoms with E-state index in [2.05, 4.69) is 20.6 Å². The highest BCUT2D eigenvalue weighted by Gasteiger charge is 2.25. The summed E-state index contributed by atoms with van der Waals surface area (Å²) in [5.74, 6) is 0.250. The summed E-state index contributed by atoms with van der Waals surface area (Å²) in [5, 5.41) is 15.1. The van der Waals surface area contributed by atoms with Crippen molar-refractivity contribution >= 4 is 17.2 Å². The van der Waals surface area contributed by atoms with Crippen molar-refractivity contribution in [3.63, 3.8) is 0 Å². The number of rotatable bonds is 6. The molecule has 1 unspecified atom stereocenters. The molecule has 0 saturated carbocycles. The van der Waals surface area contributed by atoms with Crippen molar-refractivity contribution in [3.8, 4) is 0 Å². The van der Waals surface area contributed by atoms with Crippen LogP contribution in [0, 0.1) is 12.8 Å². The number of piperidine rings is 1. The highest BCUT2D eigenvalue weighted by atomic mass is 32.1. The van der Waals surface area contributed by atoms with Crippen LogP contribution in [0.1, 0.15) is 36.9 Å². The molecule has 5 nitrogen and oxygen atoms in total. The molecule has 1 aromatic heterocycles. The van der Waals surface area contributed by atoms with Gasteiger partial charge in [-0.05, 0) is 46.2 Å². The van der Waals surface area contributed by atoms with Crippen LogP contribution in [0.15, 0.2) is 5.38 Å². The Hall–Kier alpha value is -0.980. The van der Waals surface area contributed by atoms with Crippen LogP contribution in [0.2, 0.25) is 0 Å². The maximum Gasteiger partial charge on any atom is 0.223 e. The predicted molar refractivity (Wildman–Crippen MR) is 84.2 cm³/mol. The van der Waals surface area contributed by atoms with E-state index >= 15 is 0 Å². The van der Waals surface area contributed by atoms with E-state index < -0.39 is 0 Å². The van der Waals surface area contributed by atoms with Crippen molar-refractivity contribution in [2.45, 2.75) is 45.7 Å². The van der Waals surface area contributed by atoms with Gasteiger partial charge in [0, 0.05) is 30.5 Å². The number of hydrogen-bond donors (Lipinski definition) is 2. The topological polar surface area (TPSA) is 65.5 Å². The van der Waals surface area contributed by atoms with Crippen LogP contribution in [0.4, 0.5) is 0 Å². The third-order valence-corrected chi connectivity index (χ3v) is 4.78. The number of aryl methyl sites for hydroxylation is 1. The van der Waals surface area contributed by atoms with Gasteiger partial charge in [-0.2, -0.15) is 0 Å². The minimum atomic E-state index is 0.0542. The number of carbonyl (C=O) groups is 1. The fraction of sp³-hybridized carbons (Fsp3) is 0.733. The van der Waals surface area contributed by atoms with Crippen LogP contribution in [0.3, 0.4) is 0 Å². The summed E-state index contributed by atoms with van der Waals surface area (Å²) in [6, 6.07) is 0.0542. The van der Waals surface area contributed by atoms with Crippen molar-refractivity contribution in [2.24, 2.45) is 5.92 Å². The molecule has 1 saturated heterocycles. The number of aliphatic hydroxyl groups excluding tert-OH is 1. The quantitative estimate of drug-likeness (QED) is 0.836. The monoisotopic (exact) mass is 311 g/mol. The number of amides is 1. The number of nitrogens with one attached hydrogen (secondary N) is 1. The maximum absolute atomic E-state index is 12.1. The molecule has 0 spiro atoms. The number of aromatic nitrogens is 1. The van der Waals surface area contributed by atoms with E-state index in [1.54, 1.807) is 11.3 Å². The summed E-state index contributed by atoms with van der Waals surface area (Å²) in [7, 11) is 0. The van der Waals surface area contributed by atoms with Crippen molar-refractivity contribution < 1.29 is 9.90 Å². The second-order valence-electron chi connectivity index (χ2n) is 5.83. The van der Waals surface area contributed by atoms with Crippen molar-refractivity contribution in [1.82, 2.24) is 15.2 Å². The van der Waals surface area contributed by atoms with Crippen LogP contribution >= 0.6 is 11.3 Å². The fourth-order valence-corrected chi connectivity index (χ4v) is 3.29. The van der Waals surface area contributed by atoms with Crippen LogP contribution in [0.5, 0.6) is 0 Å². The molecule has 0 aromatic carbocycles. The second kappa shape index (κ2) is 7.87.